The summed E-state index contributed by atoms with van der Waals surface area (Å²) in [6.45, 7) is 2.12. The molecule has 1 heterocycles. The third kappa shape index (κ3) is 5.06. The van der Waals surface area contributed by atoms with Crippen LogP contribution in [0.1, 0.15) is 29.7 Å². The normalized spacial score (nSPS) is 17.1. The van der Waals surface area contributed by atoms with Gasteiger partial charge in [0.05, 0.1) is 28.8 Å². The van der Waals surface area contributed by atoms with Crippen molar-refractivity contribution in [1.29, 1.82) is 0 Å². The smallest absolute Gasteiger partial charge is 0.416 e. The number of benzene rings is 3. The Morgan fingerprint density at radius 2 is 1.66 bits per heavy atom. The fourth-order valence-corrected chi connectivity index (χ4v) is 4.47. The Balaban J connectivity index is 1.92. The van der Waals surface area contributed by atoms with E-state index in [1.807, 2.05) is 19.0 Å². The molecule has 3 aromatic carbocycles. The van der Waals surface area contributed by atoms with Crippen LogP contribution in [0.25, 0.3) is 5.76 Å². The van der Waals surface area contributed by atoms with E-state index in [-0.39, 0.29) is 21.8 Å². The number of aliphatic hydroxyl groups excluding tert-OH is 1. The van der Waals surface area contributed by atoms with Crippen LogP contribution in [0.2, 0.25) is 5.02 Å². The Labute approximate surface area is 222 Å². The van der Waals surface area contributed by atoms with Crippen LogP contribution in [0.5, 0.6) is 5.75 Å². The predicted octanol–water partition coefficient (Wildman–Crippen LogP) is 6.45. The van der Waals surface area contributed by atoms with Crippen LogP contribution in [0, 0.1) is 0 Å². The van der Waals surface area contributed by atoms with Gasteiger partial charge in [-0.1, -0.05) is 23.7 Å². The molecule has 0 aliphatic carbocycles. The third-order valence-electron chi connectivity index (χ3n) is 6.15. The monoisotopic (exact) mass is 544 g/mol. The Bertz CT molecular complexity index is 1400. The summed E-state index contributed by atoms with van der Waals surface area (Å²) in [5.41, 5.74) is 0.307. The highest BCUT2D eigenvalue weighted by Crippen LogP contribution is 2.44. The first kappa shape index (κ1) is 27.1. The number of amides is 1. The van der Waals surface area contributed by atoms with E-state index in [9.17, 15) is 27.9 Å². The largest absolute Gasteiger partial charge is 0.507 e. The van der Waals surface area contributed by atoms with Crippen LogP contribution in [0.4, 0.5) is 24.5 Å². The molecule has 3 aromatic rings. The summed E-state index contributed by atoms with van der Waals surface area (Å²) in [5, 5.41) is 11.5. The van der Waals surface area contributed by atoms with Gasteiger partial charge in [-0.25, -0.2) is 0 Å². The summed E-state index contributed by atoms with van der Waals surface area (Å²) < 4.78 is 45.0. The summed E-state index contributed by atoms with van der Waals surface area (Å²) in [6.07, 6.45) is -4.57. The Morgan fingerprint density at radius 1 is 1.03 bits per heavy atom. The number of hydrogen-bond donors (Lipinski definition) is 1. The van der Waals surface area contributed by atoms with Crippen molar-refractivity contribution in [2.75, 3.05) is 30.5 Å². The van der Waals surface area contributed by atoms with Gasteiger partial charge >= 0.3 is 6.18 Å². The van der Waals surface area contributed by atoms with E-state index in [0.717, 1.165) is 34.9 Å². The number of aliphatic hydroxyl groups is 1. The summed E-state index contributed by atoms with van der Waals surface area (Å²) in [5.74, 6) is -2.12. The summed E-state index contributed by atoms with van der Waals surface area (Å²) >= 11 is 6.35. The van der Waals surface area contributed by atoms with Crippen molar-refractivity contribution in [2.45, 2.75) is 19.1 Å². The fourth-order valence-electron chi connectivity index (χ4n) is 4.27. The summed E-state index contributed by atoms with van der Waals surface area (Å²) in [4.78, 5) is 29.6. The average Bonchev–Trinajstić information content (AvgIpc) is 3.14. The summed E-state index contributed by atoms with van der Waals surface area (Å²) in [7, 11) is 3.69. The minimum atomic E-state index is -4.57. The number of halogens is 4. The minimum Gasteiger partial charge on any atom is -0.507 e. The number of alkyl halides is 3. The number of rotatable bonds is 6. The van der Waals surface area contributed by atoms with Gasteiger partial charge in [-0.2, -0.15) is 13.2 Å². The number of anilines is 2. The molecule has 1 fully saturated rings. The van der Waals surface area contributed by atoms with Gasteiger partial charge in [0.1, 0.15) is 11.5 Å². The maximum Gasteiger partial charge on any atom is 0.416 e. The van der Waals surface area contributed by atoms with E-state index in [0.29, 0.717) is 17.9 Å². The molecule has 1 atom stereocenters. The van der Waals surface area contributed by atoms with Gasteiger partial charge in [0, 0.05) is 31.0 Å². The molecule has 1 aliphatic rings. The van der Waals surface area contributed by atoms with Crippen LogP contribution in [-0.4, -0.2) is 37.5 Å². The second-order valence-electron chi connectivity index (χ2n) is 8.77. The predicted molar refractivity (Wildman–Crippen MR) is 140 cm³/mol. The van der Waals surface area contributed by atoms with Crippen LogP contribution >= 0.6 is 11.6 Å². The zero-order chi connectivity index (χ0) is 27.8. The van der Waals surface area contributed by atoms with Crippen molar-refractivity contribution < 1.29 is 32.6 Å². The van der Waals surface area contributed by atoms with Gasteiger partial charge in [-0.3, -0.25) is 14.5 Å². The van der Waals surface area contributed by atoms with Gasteiger partial charge in [-0.05, 0) is 67.1 Å². The Morgan fingerprint density at radius 3 is 2.21 bits per heavy atom. The first-order valence-corrected chi connectivity index (χ1v) is 12.0. The zero-order valence-corrected chi connectivity index (χ0v) is 21.5. The van der Waals surface area contributed by atoms with Gasteiger partial charge in [-0.15, -0.1) is 0 Å². The minimum absolute atomic E-state index is 0.0648. The lowest BCUT2D eigenvalue weighted by Gasteiger charge is -2.26. The van der Waals surface area contributed by atoms with Crippen molar-refractivity contribution in [3.63, 3.8) is 0 Å². The number of hydrogen-bond acceptors (Lipinski definition) is 5. The molecule has 38 heavy (non-hydrogen) atoms. The van der Waals surface area contributed by atoms with E-state index in [1.54, 1.807) is 37.3 Å². The molecular formula is C28H24ClF3N2O4. The highest BCUT2D eigenvalue weighted by Gasteiger charge is 2.47. The molecule has 1 saturated heterocycles. The van der Waals surface area contributed by atoms with Crippen LogP contribution in [-0.2, 0) is 15.8 Å². The lowest BCUT2D eigenvalue weighted by molar-refractivity contribution is -0.137. The fraction of sp³-hybridized carbons (Fsp3) is 0.214. The maximum atomic E-state index is 13.3. The van der Waals surface area contributed by atoms with E-state index < -0.39 is 35.2 Å². The molecule has 6 nitrogen and oxygen atoms in total. The number of ketones is 1. The van der Waals surface area contributed by atoms with Gasteiger partial charge in [0.15, 0.2) is 0 Å². The van der Waals surface area contributed by atoms with Gasteiger partial charge in [0.2, 0.25) is 0 Å². The van der Waals surface area contributed by atoms with Crippen molar-refractivity contribution in [3.05, 3.63) is 94.0 Å². The topological polar surface area (TPSA) is 70.1 Å². The molecule has 4 rings (SSSR count). The third-order valence-corrected chi connectivity index (χ3v) is 6.48. The first-order valence-electron chi connectivity index (χ1n) is 11.6. The Kier molecular flexibility index (Phi) is 7.42. The van der Waals surface area contributed by atoms with Crippen LogP contribution in [0.15, 0.2) is 72.3 Å². The molecule has 10 heteroatoms. The molecular weight excluding hydrogens is 521 g/mol. The SMILES string of the molecule is CCOc1ccc(Cl)c(/C(O)=C2\C(=O)C(=O)N(c3ccc(C(F)(F)F)cc3)C2c2ccc(N(C)C)cc2)c1. The molecule has 1 unspecified atom stereocenters. The number of carbonyl (C=O) groups is 2. The van der Waals surface area contributed by atoms with E-state index in [2.05, 4.69) is 0 Å². The molecule has 0 radical (unpaired) electrons. The highest BCUT2D eigenvalue weighted by atomic mass is 35.5. The molecule has 198 valence electrons. The van der Waals surface area contributed by atoms with Crippen molar-refractivity contribution in [2.24, 2.45) is 0 Å². The van der Waals surface area contributed by atoms with Crippen LogP contribution < -0.4 is 14.5 Å². The van der Waals surface area contributed by atoms with E-state index >= 15 is 0 Å². The maximum absolute atomic E-state index is 13.3. The second kappa shape index (κ2) is 10.4. The molecule has 1 aliphatic heterocycles. The van der Waals surface area contributed by atoms with Crippen LogP contribution in [0.3, 0.4) is 0 Å². The number of nitrogens with zero attached hydrogens (tertiary/aromatic N) is 2. The molecule has 1 N–H and O–H groups in total. The lowest BCUT2D eigenvalue weighted by Crippen LogP contribution is -2.29. The molecule has 0 saturated carbocycles. The summed E-state index contributed by atoms with van der Waals surface area (Å²) in [6, 6.07) is 14.3. The van der Waals surface area contributed by atoms with Gasteiger partial charge < -0.3 is 14.7 Å². The quantitative estimate of drug-likeness (QED) is 0.219. The van der Waals surface area contributed by atoms with Crippen molar-refractivity contribution in [3.8, 4) is 5.75 Å². The second-order valence-corrected chi connectivity index (χ2v) is 9.18. The van der Waals surface area contributed by atoms with E-state index in [1.165, 1.54) is 12.1 Å². The first-order chi connectivity index (χ1) is 17.9. The highest BCUT2D eigenvalue weighted by molar-refractivity contribution is 6.52. The molecule has 0 bridgehead atoms. The lowest BCUT2D eigenvalue weighted by atomic mass is 9.94. The zero-order valence-electron chi connectivity index (χ0n) is 20.7. The van der Waals surface area contributed by atoms with Crippen molar-refractivity contribution >= 4 is 40.4 Å². The van der Waals surface area contributed by atoms with Crippen molar-refractivity contribution in [1.82, 2.24) is 0 Å². The Hall–Kier alpha value is -3.98. The van der Waals surface area contributed by atoms with E-state index in [4.69, 9.17) is 16.3 Å². The number of ether oxygens (including phenoxy) is 1. The molecule has 0 aromatic heterocycles. The van der Waals surface area contributed by atoms with Gasteiger partial charge in [0.25, 0.3) is 11.7 Å². The average molecular weight is 545 g/mol. The standard InChI is InChI=1S/C28H24ClF3N2O4/c1-4-38-20-13-14-22(29)21(15-20)25(35)23-24(16-5-9-18(10-6-16)33(2)3)34(27(37)26(23)36)19-11-7-17(8-12-19)28(30,31)32/h5-15,24,35H,4H2,1-3H3/b25-23+. The number of Topliss-reactive ketones (excluding diaryl/α,β-unsaturated/α-hetero) is 1. The molecule has 0 spiro atoms. The molecule has 1 amide bonds. The number of carbonyl (C=O) groups excluding carboxylic acids is 2.